The van der Waals surface area contributed by atoms with Crippen LogP contribution >= 0.6 is 0 Å². The lowest BCUT2D eigenvalue weighted by Crippen LogP contribution is -2.41. The van der Waals surface area contributed by atoms with Gasteiger partial charge in [-0.25, -0.2) is 9.98 Å². The lowest BCUT2D eigenvalue weighted by molar-refractivity contribution is -0.140. The number of aliphatic imine (C=N–C) groups is 1. The average Bonchev–Trinajstić information content (AvgIpc) is 3.32. The quantitative estimate of drug-likeness (QED) is 0.901. The maximum absolute atomic E-state index is 12.8. The predicted molar refractivity (Wildman–Crippen MR) is 83.9 cm³/mol. The fraction of sp³-hybridized carbons (Fsp3) is 0.375. The number of aromatic amines is 1. The minimum atomic E-state index is -4.45. The van der Waals surface area contributed by atoms with Gasteiger partial charge in [0, 0.05) is 29.7 Å². The van der Waals surface area contributed by atoms with Crippen LogP contribution in [0, 0.1) is 5.92 Å². The third kappa shape index (κ3) is 2.89. The highest BCUT2D eigenvalue weighted by molar-refractivity contribution is 5.77. The molecule has 2 aliphatic rings. The van der Waals surface area contributed by atoms with E-state index in [1.54, 1.807) is 23.4 Å². The molecule has 1 atom stereocenters. The van der Waals surface area contributed by atoms with E-state index < -0.39 is 18.0 Å². The van der Waals surface area contributed by atoms with Gasteiger partial charge >= 0.3 is 6.18 Å². The highest BCUT2D eigenvalue weighted by Crippen LogP contribution is 2.38. The molecule has 0 bridgehead atoms. The fourth-order valence-corrected chi connectivity index (χ4v) is 2.77. The van der Waals surface area contributed by atoms with E-state index in [2.05, 4.69) is 15.0 Å². The standard InChI is InChI=1S/C16H16F3N5/c17-16(18,19)13-4-11-3-9(6-21-15(11)23-13)7-24-8-22-12(5-14(24)20)10-1-2-10/h3-6,8,10,14H,1-2,7,20H2,(H,21,23)/i/hD2. The maximum Gasteiger partial charge on any atom is 0.431 e. The van der Waals surface area contributed by atoms with Crippen molar-refractivity contribution < 1.29 is 16.0 Å². The SMILES string of the molecule is [2H]N([2H])C1C=C(C2CC2)N=CN1Cc1cnc2[nH]c(C(F)(F)F)cc2c1. The first kappa shape index (κ1) is 13.0. The number of H-pyrrole nitrogens is 1. The molecule has 2 aromatic heterocycles. The number of allylic oxidation sites excluding steroid dienone is 1. The van der Waals surface area contributed by atoms with Gasteiger partial charge in [-0.2, -0.15) is 13.2 Å². The normalized spacial score (nSPS) is 22.8. The number of alkyl halides is 3. The van der Waals surface area contributed by atoms with Gasteiger partial charge in [0.15, 0.2) is 0 Å². The molecule has 2 aromatic rings. The molecular formula is C16H16F3N5. The second-order valence-corrected chi connectivity index (χ2v) is 6.16. The van der Waals surface area contributed by atoms with E-state index in [0.29, 0.717) is 22.6 Å². The zero-order valence-electron chi connectivity index (χ0n) is 14.6. The van der Waals surface area contributed by atoms with Crippen molar-refractivity contribution in [3.63, 3.8) is 0 Å². The van der Waals surface area contributed by atoms with Crippen molar-refractivity contribution in [2.45, 2.75) is 31.7 Å². The van der Waals surface area contributed by atoms with E-state index in [0.717, 1.165) is 24.6 Å². The summed E-state index contributed by atoms with van der Waals surface area (Å²) in [6, 6.07) is 2.65. The van der Waals surface area contributed by atoms with Gasteiger partial charge in [-0.15, -0.1) is 0 Å². The van der Waals surface area contributed by atoms with Crippen LogP contribution in [-0.2, 0) is 12.7 Å². The fourth-order valence-electron chi connectivity index (χ4n) is 2.77. The average molecular weight is 337 g/mol. The summed E-state index contributed by atoms with van der Waals surface area (Å²) in [4.78, 5) is 12.4. The second kappa shape index (κ2) is 5.34. The highest BCUT2D eigenvalue weighted by Gasteiger charge is 2.33. The summed E-state index contributed by atoms with van der Waals surface area (Å²) in [7, 11) is 0. The Morgan fingerprint density at radius 3 is 2.92 bits per heavy atom. The van der Waals surface area contributed by atoms with Crippen molar-refractivity contribution in [3.05, 3.63) is 41.4 Å². The predicted octanol–water partition coefficient (Wildman–Crippen LogP) is 3.00. The van der Waals surface area contributed by atoms with Crippen LogP contribution in [0.4, 0.5) is 13.2 Å². The molecule has 1 aliphatic carbocycles. The van der Waals surface area contributed by atoms with Crippen molar-refractivity contribution >= 4 is 17.4 Å². The van der Waals surface area contributed by atoms with Crippen LogP contribution in [0.15, 0.2) is 35.1 Å². The minimum Gasteiger partial charge on any atom is -0.339 e. The molecule has 1 aliphatic heterocycles. The van der Waals surface area contributed by atoms with E-state index in [1.807, 2.05) is 0 Å². The molecule has 0 saturated heterocycles. The zero-order valence-corrected chi connectivity index (χ0v) is 12.6. The summed E-state index contributed by atoms with van der Waals surface area (Å²) >= 11 is 0. The Kier molecular flexibility index (Phi) is 2.89. The van der Waals surface area contributed by atoms with Crippen molar-refractivity contribution in [1.29, 1.82) is 0 Å². The van der Waals surface area contributed by atoms with Crippen molar-refractivity contribution in [3.8, 4) is 0 Å². The Morgan fingerprint density at radius 1 is 1.38 bits per heavy atom. The van der Waals surface area contributed by atoms with Gasteiger partial charge in [-0.1, -0.05) is 0 Å². The molecule has 8 heteroatoms. The number of aromatic nitrogens is 2. The summed E-state index contributed by atoms with van der Waals surface area (Å²) < 4.78 is 53.7. The Labute approximate surface area is 139 Å². The van der Waals surface area contributed by atoms with Gasteiger partial charge < -0.3 is 15.6 Å². The Hall–Kier alpha value is -2.35. The van der Waals surface area contributed by atoms with Gasteiger partial charge in [0.1, 0.15) is 14.2 Å². The summed E-state index contributed by atoms with van der Waals surface area (Å²) in [5.41, 5.74) is 1.49. The number of rotatable bonds is 4. The van der Waals surface area contributed by atoms with E-state index in [1.165, 1.54) is 6.20 Å². The van der Waals surface area contributed by atoms with E-state index in [9.17, 15) is 13.2 Å². The highest BCUT2D eigenvalue weighted by atomic mass is 19.4. The third-order valence-corrected chi connectivity index (χ3v) is 4.21. The molecular weight excluding hydrogens is 319 g/mol. The number of fused-ring (bicyclic) bond motifs is 1. The molecule has 5 nitrogen and oxygen atoms in total. The molecule has 0 radical (unpaired) electrons. The Balaban J connectivity index is 1.57. The van der Waals surface area contributed by atoms with Crippen LogP contribution < -0.4 is 5.72 Å². The van der Waals surface area contributed by atoms with Crippen molar-refractivity contribution in [2.24, 2.45) is 16.6 Å². The smallest absolute Gasteiger partial charge is 0.339 e. The number of halogens is 3. The molecule has 3 N–H and O–H groups in total. The number of nitrogens with one attached hydrogen (secondary N) is 1. The topological polar surface area (TPSA) is 70.3 Å². The van der Waals surface area contributed by atoms with Crippen LogP contribution in [0.5, 0.6) is 0 Å². The van der Waals surface area contributed by atoms with Crippen LogP contribution in [0.3, 0.4) is 0 Å². The molecule has 1 unspecified atom stereocenters. The molecule has 1 saturated carbocycles. The molecule has 0 aromatic carbocycles. The van der Waals surface area contributed by atoms with Crippen LogP contribution in [0.2, 0.25) is 2.82 Å². The molecule has 126 valence electrons. The molecule has 3 heterocycles. The minimum absolute atomic E-state index is 0.170. The van der Waals surface area contributed by atoms with E-state index in [-0.39, 0.29) is 12.2 Å². The van der Waals surface area contributed by atoms with Crippen LogP contribution in [0.25, 0.3) is 11.0 Å². The van der Waals surface area contributed by atoms with Crippen molar-refractivity contribution in [2.75, 3.05) is 0 Å². The number of hydrogen-bond acceptors (Lipinski definition) is 4. The summed E-state index contributed by atoms with van der Waals surface area (Å²) in [5, 5.41) is 0.364. The molecule has 4 rings (SSSR count). The van der Waals surface area contributed by atoms with E-state index in [4.69, 9.17) is 2.82 Å². The molecule has 24 heavy (non-hydrogen) atoms. The first-order valence-electron chi connectivity index (χ1n) is 8.54. The van der Waals surface area contributed by atoms with Gasteiger partial charge in [-0.3, -0.25) is 0 Å². The number of hydrogen-bond donors (Lipinski definition) is 2. The van der Waals surface area contributed by atoms with Crippen LogP contribution in [-0.4, -0.2) is 27.4 Å². The molecule has 0 spiro atoms. The lowest BCUT2D eigenvalue weighted by Gasteiger charge is -2.28. The monoisotopic (exact) mass is 337 g/mol. The largest absolute Gasteiger partial charge is 0.431 e. The number of nitrogens with zero attached hydrogens (tertiary/aromatic N) is 3. The van der Waals surface area contributed by atoms with E-state index >= 15 is 0 Å². The zero-order chi connectivity index (χ0) is 18.5. The first-order valence-corrected chi connectivity index (χ1v) is 7.65. The first-order chi connectivity index (χ1) is 12.3. The van der Waals surface area contributed by atoms with Gasteiger partial charge in [0.05, 0.1) is 12.5 Å². The third-order valence-electron chi connectivity index (χ3n) is 4.21. The summed E-state index contributed by atoms with van der Waals surface area (Å²) in [5.74, 6) is 0.412. The van der Waals surface area contributed by atoms with Gasteiger partial charge in [0.2, 0.25) is 0 Å². The molecule has 0 amide bonds. The van der Waals surface area contributed by atoms with Crippen molar-refractivity contribution in [1.82, 2.24) is 14.9 Å². The number of pyridine rings is 1. The number of nitrogens with two attached hydrogens (primary N) is 1. The molecule has 1 fully saturated rings. The van der Waals surface area contributed by atoms with Gasteiger partial charge in [-0.05, 0) is 36.6 Å². The Morgan fingerprint density at radius 2 is 2.21 bits per heavy atom. The summed E-state index contributed by atoms with van der Waals surface area (Å²) in [6.45, 7) is 0.284. The lowest BCUT2D eigenvalue weighted by atomic mass is 10.2. The second-order valence-electron chi connectivity index (χ2n) is 6.16. The summed E-state index contributed by atoms with van der Waals surface area (Å²) in [6.07, 6.45) is 1.96. The maximum atomic E-state index is 12.8. The van der Waals surface area contributed by atoms with Gasteiger partial charge in [0.25, 0.3) is 0 Å². The Bertz CT molecular complexity index is 886. The van der Waals surface area contributed by atoms with Crippen LogP contribution in [0.1, 0.15) is 24.1 Å².